The molecule has 0 aliphatic carbocycles. The number of rotatable bonds is 4. The number of carbonyl (C=O) groups is 1. The van der Waals surface area contributed by atoms with E-state index in [1.54, 1.807) is 24.3 Å². The van der Waals surface area contributed by atoms with Gasteiger partial charge in [0.05, 0.1) is 10.6 Å². The average molecular weight is 328 g/mol. The highest BCUT2D eigenvalue weighted by atomic mass is 35.5. The number of anilines is 1. The first kappa shape index (κ1) is 15.2. The first-order valence-electron chi connectivity index (χ1n) is 7.16. The number of nitrogens with zero attached hydrogens (tertiary/aromatic N) is 2. The fraction of sp³-hybridized carbons (Fsp3) is 0.118. The maximum Gasteiger partial charge on any atom is 0.313 e. The molecule has 0 saturated carbocycles. The Morgan fingerprint density at radius 1 is 1.13 bits per heavy atom. The van der Waals surface area contributed by atoms with Crippen LogP contribution < -0.4 is 5.32 Å². The number of aryl methyl sites for hydroxylation is 1. The van der Waals surface area contributed by atoms with Crippen molar-refractivity contribution in [1.29, 1.82) is 0 Å². The molecular weight excluding hydrogens is 314 g/mol. The lowest BCUT2D eigenvalue weighted by Crippen LogP contribution is -2.12. The highest BCUT2D eigenvalue weighted by Crippen LogP contribution is 2.26. The molecule has 3 aromatic rings. The third-order valence-electron chi connectivity index (χ3n) is 3.34. The topological polar surface area (TPSA) is 68.0 Å². The van der Waals surface area contributed by atoms with Crippen LogP contribution in [-0.4, -0.2) is 16.1 Å². The Kier molecular flexibility index (Phi) is 4.39. The molecule has 0 atom stereocenters. The van der Waals surface area contributed by atoms with Crippen LogP contribution in [0.15, 0.2) is 52.9 Å². The Balaban J connectivity index is 1.77. The standard InChI is InChI=1S/C17H14ClN3O2/c1-2-11-7-9-12(10-8-11)19-15(22)17-21-20-16(23-17)13-5-3-4-6-14(13)18/h3-10H,2H2,1H3,(H,19,22). The number of benzene rings is 2. The molecule has 23 heavy (non-hydrogen) atoms. The fourth-order valence-corrected chi connectivity index (χ4v) is 2.28. The third-order valence-corrected chi connectivity index (χ3v) is 3.67. The van der Waals surface area contributed by atoms with Gasteiger partial charge < -0.3 is 9.73 Å². The van der Waals surface area contributed by atoms with Crippen LogP contribution in [0.2, 0.25) is 5.02 Å². The Hall–Kier alpha value is -2.66. The summed E-state index contributed by atoms with van der Waals surface area (Å²) in [7, 11) is 0. The number of carbonyl (C=O) groups excluding carboxylic acids is 1. The summed E-state index contributed by atoms with van der Waals surface area (Å²) >= 11 is 6.08. The highest BCUT2D eigenvalue weighted by Gasteiger charge is 2.17. The molecule has 0 bridgehead atoms. The molecule has 1 N–H and O–H groups in total. The molecular formula is C17H14ClN3O2. The summed E-state index contributed by atoms with van der Waals surface area (Å²) in [6.45, 7) is 2.07. The van der Waals surface area contributed by atoms with Gasteiger partial charge in [0.15, 0.2) is 0 Å². The van der Waals surface area contributed by atoms with E-state index in [0.717, 1.165) is 6.42 Å². The molecule has 6 heteroatoms. The number of nitrogens with one attached hydrogen (secondary N) is 1. The SMILES string of the molecule is CCc1ccc(NC(=O)c2nnc(-c3ccccc3Cl)o2)cc1. The van der Waals surface area contributed by atoms with Crippen molar-refractivity contribution in [2.45, 2.75) is 13.3 Å². The number of aromatic nitrogens is 2. The van der Waals surface area contributed by atoms with E-state index in [4.69, 9.17) is 16.0 Å². The monoisotopic (exact) mass is 327 g/mol. The van der Waals surface area contributed by atoms with Gasteiger partial charge in [0, 0.05) is 5.69 Å². The first-order chi connectivity index (χ1) is 11.2. The molecule has 0 aliphatic rings. The van der Waals surface area contributed by atoms with Gasteiger partial charge in [-0.3, -0.25) is 4.79 Å². The predicted molar refractivity (Wildman–Crippen MR) is 88.5 cm³/mol. The van der Waals surface area contributed by atoms with Gasteiger partial charge >= 0.3 is 11.8 Å². The van der Waals surface area contributed by atoms with Crippen molar-refractivity contribution in [3.63, 3.8) is 0 Å². The second-order valence-electron chi connectivity index (χ2n) is 4.90. The van der Waals surface area contributed by atoms with Gasteiger partial charge in [-0.05, 0) is 36.2 Å². The summed E-state index contributed by atoms with van der Waals surface area (Å²) in [5.41, 5.74) is 2.46. The van der Waals surface area contributed by atoms with Crippen molar-refractivity contribution in [2.75, 3.05) is 5.32 Å². The lowest BCUT2D eigenvalue weighted by atomic mass is 10.1. The van der Waals surface area contributed by atoms with E-state index in [2.05, 4.69) is 22.4 Å². The van der Waals surface area contributed by atoms with Crippen LogP contribution >= 0.6 is 11.6 Å². The van der Waals surface area contributed by atoms with Crippen LogP contribution in [-0.2, 0) is 6.42 Å². The number of hydrogen-bond donors (Lipinski definition) is 1. The highest BCUT2D eigenvalue weighted by molar-refractivity contribution is 6.33. The third kappa shape index (κ3) is 3.40. The molecule has 5 nitrogen and oxygen atoms in total. The maximum absolute atomic E-state index is 12.2. The lowest BCUT2D eigenvalue weighted by Gasteiger charge is -2.03. The fourth-order valence-electron chi connectivity index (χ4n) is 2.07. The Bertz CT molecular complexity index is 828. The van der Waals surface area contributed by atoms with E-state index in [-0.39, 0.29) is 11.8 Å². The van der Waals surface area contributed by atoms with E-state index >= 15 is 0 Å². The van der Waals surface area contributed by atoms with Gasteiger partial charge in [-0.15, -0.1) is 10.2 Å². The molecule has 1 amide bonds. The summed E-state index contributed by atoms with van der Waals surface area (Å²) in [6, 6.07) is 14.7. The second-order valence-corrected chi connectivity index (χ2v) is 5.30. The summed E-state index contributed by atoms with van der Waals surface area (Å²) < 4.78 is 5.41. The van der Waals surface area contributed by atoms with Crippen LogP contribution in [0.1, 0.15) is 23.2 Å². The minimum atomic E-state index is -0.458. The summed E-state index contributed by atoms with van der Waals surface area (Å²) in [5, 5.41) is 10.9. The molecule has 1 heterocycles. The van der Waals surface area contributed by atoms with E-state index < -0.39 is 5.91 Å². The van der Waals surface area contributed by atoms with E-state index in [1.807, 2.05) is 24.3 Å². The van der Waals surface area contributed by atoms with Crippen molar-refractivity contribution in [2.24, 2.45) is 0 Å². The summed E-state index contributed by atoms with van der Waals surface area (Å²) in [5.74, 6) is -0.360. The average Bonchev–Trinajstić information content (AvgIpc) is 3.06. The minimum Gasteiger partial charge on any atom is -0.412 e. The molecule has 0 fully saturated rings. The Morgan fingerprint density at radius 3 is 2.57 bits per heavy atom. The summed E-state index contributed by atoms with van der Waals surface area (Å²) in [4.78, 5) is 12.2. The molecule has 3 rings (SSSR count). The van der Waals surface area contributed by atoms with E-state index in [9.17, 15) is 4.79 Å². The van der Waals surface area contributed by atoms with Gasteiger partial charge in [-0.2, -0.15) is 0 Å². The van der Waals surface area contributed by atoms with Crippen LogP contribution in [0.25, 0.3) is 11.5 Å². The maximum atomic E-state index is 12.2. The van der Waals surface area contributed by atoms with Gasteiger partial charge in [0.1, 0.15) is 0 Å². The van der Waals surface area contributed by atoms with Gasteiger partial charge in [0.2, 0.25) is 5.89 Å². The quantitative estimate of drug-likeness (QED) is 0.779. The lowest BCUT2D eigenvalue weighted by molar-refractivity contribution is 0.0991. The van der Waals surface area contributed by atoms with Crippen molar-refractivity contribution in [3.8, 4) is 11.5 Å². The molecule has 0 unspecified atom stereocenters. The number of halogens is 1. The number of hydrogen-bond acceptors (Lipinski definition) is 4. The Labute approximate surface area is 138 Å². The molecule has 0 spiro atoms. The number of amides is 1. The zero-order chi connectivity index (χ0) is 16.2. The second kappa shape index (κ2) is 6.62. The van der Waals surface area contributed by atoms with Gasteiger partial charge in [-0.1, -0.05) is 42.8 Å². The summed E-state index contributed by atoms with van der Waals surface area (Å²) in [6.07, 6.45) is 0.944. The largest absolute Gasteiger partial charge is 0.412 e. The molecule has 1 aromatic heterocycles. The van der Waals surface area contributed by atoms with Crippen molar-refractivity contribution < 1.29 is 9.21 Å². The minimum absolute atomic E-state index is 0.112. The first-order valence-corrected chi connectivity index (χ1v) is 7.54. The van der Waals surface area contributed by atoms with Crippen molar-refractivity contribution >= 4 is 23.2 Å². The zero-order valence-corrected chi connectivity index (χ0v) is 13.2. The van der Waals surface area contributed by atoms with Crippen molar-refractivity contribution in [1.82, 2.24) is 10.2 Å². The van der Waals surface area contributed by atoms with Crippen LogP contribution in [0.4, 0.5) is 5.69 Å². The molecule has 2 aromatic carbocycles. The molecule has 116 valence electrons. The zero-order valence-electron chi connectivity index (χ0n) is 12.4. The molecule has 0 saturated heterocycles. The predicted octanol–water partition coefficient (Wildman–Crippen LogP) is 4.20. The van der Waals surface area contributed by atoms with Crippen LogP contribution in [0.5, 0.6) is 0 Å². The van der Waals surface area contributed by atoms with Crippen molar-refractivity contribution in [3.05, 3.63) is 65.0 Å². The normalized spacial score (nSPS) is 10.5. The van der Waals surface area contributed by atoms with Gasteiger partial charge in [-0.25, -0.2) is 0 Å². The van der Waals surface area contributed by atoms with Crippen LogP contribution in [0.3, 0.4) is 0 Å². The Morgan fingerprint density at radius 2 is 1.87 bits per heavy atom. The van der Waals surface area contributed by atoms with Gasteiger partial charge in [0.25, 0.3) is 0 Å². The van der Waals surface area contributed by atoms with E-state index in [0.29, 0.717) is 16.3 Å². The molecule has 0 aliphatic heterocycles. The van der Waals surface area contributed by atoms with E-state index in [1.165, 1.54) is 5.56 Å². The smallest absolute Gasteiger partial charge is 0.313 e. The van der Waals surface area contributed by atoms with Crippen LogP contribution in [0, 0.1) is 0 Å². The molecule has 0 radical (unpaired) electrons.